The smallest absolute Gasteiger partial charge is 0.251 e. The molecule has 29 heavy (non-hydrogen) atoms. The Bertz CT molecular complexity index is 1020. The summed E-state index contributed by atoms with van der Waals surface area (Å²) in [6.45, 7) is 0.446. The van der Waals surface area contributed by atoms with Crippen LogP contribution in [0.3, 0.4) is 0 Å². The number of benzene rings is 1. The number of H-pyrrole nitrogens is 1. The van der Waals surface area contributed by atoms with Crippen molar-refractivity contribution in [3.63, 3.8) is 0 Å². The van der Waals surface area contributed by atoms with Gasteiger partial charge in [-0.1, -0.05) is 36.0 Å². The predicted octanol–water partition coefficient (Wildman–Crippen LogP) is 2.45. The lowest BCUT2D eigenvalue weighted by molar-refractivity contribution is -0.120. The molecule has 2 N–H and O–H groups in total. The van der Waals surface area contributed by atoms with Gasteiger partial charge < -0.3 is 15.2 Å². The van der Waals surface area contributed by atoms with Crippen molar-refractivity contribution in [2.45, 2.75) is 18.1 Å². The first-order valence-corrected chi connectivity index (χ1v) is 10.7. The van der Waals surface area contributed by atoms with Crippen molar-refractivity contribution in [1.82, 2.24) is 15.3 Å². The number of nitrogens with one attached hydrogen (secondary N) is 2. The molecule has 1 aromatic carbocycles. The molecule has 0 aliphatic heterocycles. The molecule has 0 saturated heterocycles. The number of nitrogens with zero attached hydrogens (tertiary/aromatic N) is 2. The van der Waals surface area contributed by atoms with Crippen molar-refractivity contribution in [3.05, 3.63) is 74.8 Å². The van der Waals surface area contributed by atoms with Gasteiger partial charge in [-0.15, -0.1) is 11.3 Å². The summed E-state index contributed by atoms with van der Waals surface area (Å²) in [5.41, 5.74) is 0.798. The third-order valence-electron chi connectivity index (χ3n) is 4.00. The lowest BCUT2D eigenvalue weighted by Gasteiger charge is -2.16. The van der Waals surface area contributed by atoms with Crippen LogP contribution in [0.1, 0.15) is 10.6 Å². The Morgan fingerprint density at radius 3 is 2.72 bits per heavy atom. The monoisotopic (exact) mass is 428 g/mol. The van der Waals surface area contributed by atoms with Crippen molar-refractivity contribution in [2.75, 3.05) is 17.7 Å². The molecule has 150 valence electrons. The molecule has 7 nitrogen and oxygen atoms in total. The standard InChI is InChI=1S/C20H20N4O3S2/c1-24(15-6-3-2-4-7-15)19(27)13-29-20-22-14(11-18(26)23-20)10-17(25)21-12-16-8-5-9-28-16/h2-9,11H,10,12-13H2,1H3,(H,21,25)(H,22,23,26). The summed E-state index contributed by atoms with van der Waals surface area (Å²) in [6, 6.07) is 14.5. The van der Waals surface area contributed by atoms with E-state index in [-0.39, 0.29) is 29.5 Å². The van der Waals surface area contributed by atoms with Gasteiger partial charge in [-0.2, -0.15) is 0 Å². The molecule has 2 amide bonds. The second-order valence-electron chi connectivity index (χ2n) is 6.15. The van der Waals surface area contributed by atoms with Crippen molar-refractivity contribution in [3.8, 4) is 0 Å². The number of hydrogen-bond acceptors (Lipinski definition) is 6. The zero-order valence-electron chi connectivity index (χ0n) is 15.8. The summed E-state index contributed by atoms with van der Waals surface area (Å²) in [5.74, 6) is -0.224. The van der Waals surface area contributed by atoms with Crippen LogP contribution in [0.25, 0.3) is 0 Å². The van der Waals surface area contributed by atoms with E-state index in [1.807, 2.05) is 47.8 Å². The summed E-state index contributed by atoms with van der Waals surface area (Å²) in [5, 5.41) is 5.06. The third kappa shape index (κ3) is 6.30. The molecule has 0 aliphatic carbocycles. The van der Waals surface area contributed by atoms with Crippen molar-refractivity contribution < 1.29 is 9.59 Å². The molecule has 0 bridgehead atoms. The normalized spacial score (nSPS) is 10.5. The Morgan fingerprint density at radius 1 is 1.21 bits per heavy atom. The maximum Gasteiger partial charge on any atom is 0.251 e. The van der Waals surface area contributed by atoms with E-state index < -0.39 is 0 Å². The van der Waals surface area contributed by atoms with E-state index in [9.17, 15) is 14.4 Å². The maximum atomic E-state index is 12.4. The highest BCUT2D eigenvalue weighted by Crippen LogP contribution is 2.16. The molecule has 2 aromatic heterocycles. The van der Waals surface area contributed by atoms with Crippen LogP contribution in [0.4, 0.5) is 5.69 Å². The van der Waals surface area contributed by atoms with Crippen LogP contribution in [0, 0.1) is 0 Å². The highest BCUT2D eigenvalue weighted by Gasteiger charge is 2.13. The average Bonchev–Trinajstić information content (AvgIpc) is 3.24. The molecular weight excluding hydrogens is 408 g/mol. The number of aromatic nitrogens is 2. The van der Waals surface area contributed by atoms with Crippen molar-refractivity contribution in [2.24, 2.45) is 0 Å². The van der Waals surface area contributed by atoms with Gasteiger partial charge in [-0.25, -0.2) is 4.98 Å². The second-order valence-corrected chi connectivity index (χ2v) is 8.15. The van der Waals surface area contributed by atoms with Gasteiger partial charge in [0.1, 0.15) is 0 Å². The summed E-state index contributed by atoms with van der Waals surface area (Å²) in [7, 11) is 1.70. The van der Waals surface area contributed by atoms with E-state index >= 15 is 0 Å². The Labute approximate surface area is 176 Å². The van der Waals surface area contributed by atoms with E-state index in [1.54, 1.807) is 23.3 Å². The van der Waals surface area contributed by atoms with Crippen LogP contribution in [0.15, 0.2) is 63.9 Å². The zero-order chi connectivity index (χ0) is 20.6. The first-order chi connectivity index (χ1) is 14.0. The van der Waals surface area contributed by atoms with E-state index in [1.165, 1.54) is 6.07 Å². The molecule has 0 spiro atoms. The molecular formula is C20H20N4O3S2. The second kappa shape index (κ2) is 10.0. The number of aromatic amines is 1. The number of amides is 2. The lowest BCUT2D eigenvalue weighted by Crippen LogP contribution is -2.28. The Kier molecular flexibility index (Phi) is 7.20. The number of hydrogen-bond donors (Lipinski definition) is 2. The first-order valence-electron chi connectivity index (χ1n) is 8.85. The Morgan fingerprint density at radius 2 is 2.00 bits per heavy atom. The molecule has 0 fully saturated rings. The quantitative estimate of drug-likeness (QED) is 0.424. The Hall–Kier alpha value is -2.91. The topological polar surface area (TPSA) is 95.2 Å². The van der Waals surface area contributed by atoms with Crippen LogP contribution < -0.4 is 15.8 Å². The fourth-order valence-electron chi connectivity index (χ4n) is 2.49. The lowest BCUT2D eigenvalue weighted by atomic mass is 10.3. The molecule has 2 heterocycles. The van der Waals surface area contributed by atoms with E-state index in [4.69, 9.17) is 0 Å². The fourth-order valence-corrected chi connectivity index (χ4v) is 3.94. The van der Waals surface area contributed by atoms with Crippen LogP contribution in [0.5, 0.6) is 0 Å². The minimum Gasteiger partial charge on any atom is -0.351 e. The van der Waals surface area contributed by atoms with Gasteiger partial charge in [0, 0.05) is 23.7 Å². The van der Waals surface area contributed by atoms with Crippen LogP contribution >= 0.6 is 23.1 Å². The van der Waals surface area contributed by atoms with Crippen LogP contribution in [-0.4, -0.2) is 34.6 Å². The first kappa shape index (κ1) is 20.8. The highest BCUT2D eigenvalue weighted by atomic mass is 32.2. The highest BCUT2D eigenvalue weighted by molar-refractivity contribution is 7.99. The number of anilines is 1. The van der Waals surface area contributed by atoms with Gasteiger partial charge in [0.25, 0.3) is 5.56 Å². The molecule has 0 aliphatic rings. The molecule has 3 rings (SSSR count). The van der Waals surface area contributed by atoms with E-state index in [2.05, 4.69) is 15.3 Å². The van der Waals surface area contributed by atoms with Gasteiger partial charge in [-0.05, 0) is 23.6 Å². The summed E-state index contributed by atoms with van der Waals surface area (Å²) >= 11 is 2.69. The summed E-state index contributed by atoms with van der Waals surface area (Å²) in [4.78, 5) is 45.9. The van der Waals surface area contributed by atoms with Crippen molar-refractivity contribution >= 4 is 40.6 Å². The SMILES string of the molecule is CN(C(=O)CSc1nc(CC(=O)NCc2cccs2)cc(=O)[nH]1)c1ccccc1. The zero-order valence-corrected chi connectivity index (χ0v) is 17.4. The number of thiophene rings is 1. The molecule has 3 aromatic rings. The van der Waals surface area contributed by atoms with Crippen LogP contribution in [-0.2, 0) is 22.6 Å². The number of rotatable bonds is 8. The minimum atomic E-state index is -0.354. The van der Waals surface area contributed by atoms with Gasteiger partial charge in [0.2, 0.25) is 11.8 Å². The van der Waals surface area contributed by atoms with E-state index in [0.717, 1.165) is 22.3 Å². The molecule has 0 atom stereocenters. The third-order valence-corrected chi connectivity index (χ3v) is 5.74. The fraction of sp³-hybridized carbons (Fsp3) is 0.200. The number of para-hydroxylation sites is 1. The number of carbonyl (C=O) groups is 2. The molecule has 9 heteroatoms. The summed E-state index contributed by atoms with van der Waals surface area (Å²) in [6.07, 6.45) is 0.000714. The van der Waals surface area contributed by atoms with E-state index in [0.29, 0.717) is 17.4 Å². The molecule has 0 radical (unpaired) electrons. The van der Waals surface area contributed by atoms with Crippen molar-refractivity contribution in [1.29, 1.82) is 0 Å². The predicted molar refractivity (Wildman–Crippen MR) is 115 cm³/mol. The summed E-state index contributed by atoms with van der Waals surface area (Å²) < 4.78 is 0. The maximum absolute atomic E-state index is 12.4. The molecule has 0 saturated carbocycles. The van der Waals surface area contributed by atoms with Gasteiger partial charge in [0.05, 0.1) is 24.4 Å². The molecule has 0 unspecified atom stereocenters. The van der Waals surface area contributed by atoms with Crippen LogP contribution in [0.2, 0.25) is 0 Å². The largest absolute Gasteiger partial charge is 0.351 e. The Balaban J connectivity index is 1.56. The van der Waals surface area contributed by atoms with Gasteiger partial charge >= 0.3 is 0 Å². The average molecular weight is 429 g/mol. The van der Waals surface area contributed by atoms with Gasteiger partial charge in [0.15, 0.2) is 5.16 Å². The van der Waals surface area contributed by atoms with Gasteiger partial charge in [-0.3, -0.25) is 14.4 Å². The number of carbonyl (C=O) groups excluding carboxylic acids is 2. The number of thioether (sulfide) groups is 1. The minimum absolute atomic E-state index is 0.000714.